The summed E-state index contributed by atoms with van der Waals surface area (Å²) >= 11 is 0. The van der Waals surface area contributed by atoms with Crippen LogP contribution < -0.4 is 19.5 Å². The number of carbonyl (C=O) groups is 1. The van der Waals surface area contributed by atoms with Crippen LogP contribution in [0.2, 0.25) is 0 Å². The predicted octanol–water partition coefficient (Wildman–Crippen LogP) is 2.09. The van der Waals surface area contributed by atoms with Crippen molar-refractivity contribution in [3.8, 4) is 17.2 Å². The summed E-state index contributed by atoms with van der Waals surface area (Å²) in [6.07, 6.45) is 1.36. The minimum atomic E-state index is 0.0821. The summed E-state index contributed by atoms with van der Waals surface area (Å²) < 4.78 is 16.1. The highest BCUT2D eigenvalue weighted by Gasteiger charge is 2.34. The molecule has 2 rings (SSSR count). The Morgan fingerprint density at radius 3 is 2.25 bits per heavy atom. The maximum Gasteiger partial charge on any atom is 0.220 e. The van der Waals surface area contributed by atoms with Crippen LogP contribution in [0.4, 0.5) is 0 Å². The van der Waals surface area contributed by atoms with Crippen LogP contribution in [0.1, 0.15) is 31.2 Å². The van der Waals surface area contributed by atoms with Gasteiger partial charge in [-0.25, -0.2) is 0 Å². The van der Waals surface area contributed by atoms with Gasteiger partial charge in [-0.15, -0.1) is 0 Å². The molecule has 1 fully saturated rings. The molecule has 1 heterocycles. The van der Waals surface area contributed by atoms with Gasteiger partial charge in [-0.05, 0) is 12.5 Å². The van der Waals surface area contributed by atoms with E-state index in [1.165, 1.54) is 0 Å². The zero-order valence-corrected chi connectivity index (χ0v) is 12.4. The summed E-state index contributed by atoms with van der Waals surface area (Å²) in [5.41, 5.74) is 0.982. The van der Waals surface area contributed by atoms with E-state index in [0.717, 1.165) is 17.7 Å². The molecule has 0 bridgehead atoms. The molecular weight excluding hydrogens is 258 g/mol. The van der Waals surface area contributed by atoms with Crippen molar-refractivity contribution in [2.24, 2.45) is 0 Å². The first-order valence-corrected chi connectivity index (χ1v) is 6.73. The van der Waals surface area contributed by atoms with Gasteiger partial charge < -0.3 is 19.5 Å². The summed E-state index contributed by atoms with van der Waals surface area (Å²) in [6, 6.07) is 3.85. The van der Waals surface area contributed by atoms with Gasteiger partial charge >= 0.3 is 0 Å². The number of hydrogen-bond acceptors (Lipinski definition) is 4. The molecule has 5 nitrogen and oxygen atoms in total. The molecule has 1 N–H and O–H groups in total. The molecule has 0 saturated carbocycles. The van der Waals surface area contributed by atoms with E-state index in [0.29, 0.717) is 17.9 Å². The topological polar surface area (TPSA) is 56.8 Å². The predicted molar refractivity (Wildman–Crippen MR) is 75.7 cm³/mol. The number of benzene rings is 1. The quantitative estimate of drug-likeness (QED) is 0.896. The fourth-order valence-corrected chi connectivity index (χ4v) is 2.76. The lowest BCUT2D eigenvalue weighted by Crippen LogP contribution is -2.27. The van der Waals surface area contributed by atoms with Gasteiger partial charge in [0.2, 0.25) is 5.91 Å². The molecule has 1 aromatic rings. The molecule has 5 heteroatoms. The Balaban J connectivity index is 2.46. The average Bonchev–Trinajstić information content (AvgIpc) is 2.86. The van der Waals surface area contributed by atoms with Crippen LogP contribution in [0.25, 0.3) is 0 Å². The molecule has 1 aromatic carbocycles. The van der Waals surface area contributed by atoms with E-state index >= 15 is 0 Å². The molecule has 1 amide bonds. The summed E-state index contributed by atoms with van der Waals surface area (Å²) in [5.74, 6) is 2.18. The number of methoxy groups -OCH3 is 3. The van der Waals surface area contributed by atoms with E-state index in [-0.39, 0.29) is 17.9 Å². The molecule has 2 atom stereocenters. The highest BCUT2D eigenvalue weighted by molar-refractivity contribution is 5.80. The standard InChI is InChI=1S/C15H21NO4/c1-5-11-9(7-15(17)16-11)10-6-13(19-3)14(20-4)8-12(10)18-2/h6,8-9,11H,5,7H2,1-4H3,(H,16,17). The van der Waals surface area contributed by atoms with Gasteiger partial charge in [0.25, 0.3) is 0 Å². The maximum absolute atomic E-state index is 11.7. The largest absolute Gasteiger partial charge is 0.496 e. The SMILES string of the molecule is CCC1NC(=O)CC1c1cc(OC)c(OC)cc1OC. The highest BCUT2D eigenvalue weighted by Crippen LogP contribution is 2.42. The normalized spacial score (nSPS) is 21.5. The number of hydrogen-bond donors (Lipinski definition) is 1. The molecule has 1 aliphatic rings. The lowest BCUT2D eigenvalue weighted by atomic mass is 9.89. The Morgan fingerprint density at radius 2 is 1.70 bits per heavy atom. The molecule has 0 aliphatic carbocycles. The Labute approximate surface area is 119 Å². The van der Waals surface area contributed by atoms with Crippen LogP contribution in [0.3, 0.4) is 0 Å². The molecule has 0 spiro atoms. The number of rotatable bonds is 5. The molecular formula is C15H21NO4. The van der Waals surface area contributed by atoms with Crippen molar-refractivity contribution in [1.29, 1.82) is 0 Å². The fraction of sp³-hybridized carbons (Fsp3) is 0.533. The Morgan fingerprint density at radius 1 is 1.10 bits per heavy atom. The van der Waals surface area contributed by atoms with Crippen LogP contribution in [0.5, 0.6) is 17.2 Å². The van der Waals surface area contributed by atoms with Crippen LogP contribution in [-0.2, 0) is 4.79 Å². The monoisotopic (exact) mass is 279 g/mol. The molecule has 1 aliphatic heterocycles. The van der Waals surface area contributed by atoms with Crippen LogP contribution in [-0.4, -0.2) is 33.3 Å². The van der Waals surface area contributed by atoms with Gasteiger partial charge in [0, 0.05) is 30.0 Å². The molecule has 2 unspecified atom stereocenters. The van der Waals surface area contributed by atoms with Crippen molar-refractivity contribution in [3.63, 3.8) is 0 Å². The van der Waals surface area contributed by atoms with Crippen molar-refractivity contribution in [1.82, 2.24) is 5.32 Å². The third kappa shape index (κ3) is 2.53. The fourth-order valence-electron chi connectivity index (χ4n) is 2.76. The number of nitrogens with one attached hydrogen (secondary N) is 1. The highest BCUT2D eigenvalue weighted by atomic mass is 16.5. The lowest BCUT2D eigenvalue weighted by molar-refractivity contribution is -0.119. The van der Waals surface area contributed by atoms with Gasteiger partial charge in [0.1, 0.15) is 5.75 Å². The van der Waals surface area contributed by atoms with Crippen molar-refractivity contribution in [2.75, 3.05) is 21.3 Å². The number of amides is 1. The van der Waals surface area contributed by atoms with Gasteiger partial charge in [-0.2, -0.15) is 0 Å². The maximum atomic E-state index is 11.7. The lowest BCUT2D eigenvalue weighted by Gasteiger charge is -2.21. The van der Waals surface area contributed by atoms with E-state index in [2.05, 4.69) is 12.2 Å². The smallest absolute Gasteiger partial charge is 0.220 e. The van der Waals surface area contributed by atoms with E-state index in [4.69, 9.17) is 14.2 Å². The first-order chi connectivity index (χ1) is 9.64. The van der Waals surface area contributed by atoms with Gasteiger partial charge in [-0.3, -0.25) is 4.79 Å². The van der Waals surface area contributed by atoms with Crippen molar-refractivity contribution >= 4 is 5.91 Å². The summed E-state index contributed by atoms with van der Waals surface area (Å²) in [5, 5.41) is 3.00. The van der Waals surface area contributed by atoms with Crippen LogP contribution >= 0.6 is 0 Å². The molecule has 110 valence electrons. The van der Waals surface area contributed by atoms with Gasteiger partial charge in [-0.1, -0.05) is 6.92 Å². The van der Waals surface area contributed by atoms with Crippen LogP contribution in [0.15, 0.2) is 12.1 Å². The Hall–Kier alpha value is -1.91. The summed E-state index contributed by atoms with van der Waals surface area (Å²) in [7, 11) is 4.81. The van der Waals surface area contributed by atoms with Crippen molar-refractivity contribution in [2.45, 2.75) is 31.7 Å². The minimum absolute atomic E-state index is 0.0821. The van der Waals surface area contributed by atoms with Gasteiger partial charge in [0.15, 0.2) is 11.5 Å². The Bertz CT molecular complexity index is 501. The first-order valence-electron chi connectivity index (χ1n) is 6.73. The second kappa shape index (κ2) is 6.03. The number of carbonyl (C=O) groups excluding carboxylic acids is 1. The van der Waals surface area contributed by atoms with E-state index in [9.17, 15) is 4.79 Å². The summed E-state index contributed by atoms with van der Waals surface area (Å²) in [4.78, 5) is 11.7. The average molecular weight is 279 g/mol. The molecule has 20 heavy (non-hydrogen) atoms. The molecule has 0 aromatic heterocycles. The number of ether oxygens (including phenoxy) is 3. The van der Waals surface area contributed by atoms with E-state index < -0.39 is 0 Å². The zero-order chi connectivity index (χ0) is 14.7. The van der Waals surface area contributed by atoms with E-state index in [1.54, 1.807) is 21.3 Å². The van der Waals surface area contributed by atoms with Crippen LogP contribution in [0, 0.1) is 0 Å². The van der Waals surface area contributed by atoms with Crippen molar-refractivity contribution in [3.05, 3.63) is 17.7 Å². The second-order valence-corrected chi connectivity index (χ2v) is 4.84. The minimum Gasteiger partial charge on any atom is -0.496 e. The third-order valence-corrected chi connectivity index (χ3v) is 3.81. The van der Waals surface area contributed by atoms with Gasteiger partial charge in [0.05, 0.1) is 21.3 Å². The third-order valence-electron chi connectivity index (χ3n) is 3.81. The van der Waals surface area contributed by atoms with Crippen molar-refractivity contribution < 1.29 is 19.0 Å². The Kier molecular flexibility index (Phi) is 4.37. The zero-order valence-electron chi connectivity index (χ0n) is 12.4. The summed E-state index contributed by atoms with van der Waals surface area (Å²) in [6.45, 7) is 2.07. The van der Waals surface area contributed by atoms with E-state index in [1.807, 2.05) is 12.1 Å². The first kappa shape index (κ1) is 14.5. The second-order valence-electron chi connectivity index (χ2n) is 4.84. The molecule has 0 radical (unpaired) electrons. The molecule has 1 saturated heterocycles.